The lowest BCUT2D eigenvalue weighted by Gasteiger charge is -2.32. The van der Waals surface area contributed by atoms with Crippen LogP contribution in [0.3, 0.4) is 0 Å². The molecule has 0 radical (unpaired) electrons. The van der Waals surface area contributed by atoms with E-state index in [1.807, 2.05) is 28.1 Å². The van der Waals surface area contributed by atoms with Gasteiger partial charge in [0.15, 0.2) is 0 Å². The summed E-state index contributed by atoms with van der Waals surface area (Å²) in [5, 5.41) is 0. The Labute approximate surface area is 146 Å². The van der Waals surface area contributed by atoms with Gasteiger partial charge in [0.2, 0.25) is 0 Å². The van der Waals surface area contributed by atoms with Crippen molar-refractivity contribution in [2.24, 2.45) is 0 Å². The maximum Gasteiger partial charge on any atom is 0.320 e. The fourth-order valence-electron chi connectivity index (χ4n) is 3.42. The molecule has 2 aromatic rings. The molecule has 2 aromatic heterocycles. The highest BCUT2D eigenvalue weighted by Crippen LogP contribution is 2.25. The predicted octanol–water partition coefficient (Wildman–Crippen LogP) is 1.39. The quantitative estimate of drug-likeness (QED) is 0.785. The van der Waals surface area contributed by atoms with Crippen LogP contribution in [0.15, 0.2) is 30.9 Å². The van der Waals surface area contributed by atoms with Gasteiger partial charge in [-0.25, -0.2) is 14.8 Å². The van der Waals surface area contributed by atoms with Crippen molar-refractivity contribution in [1.82, 2.24) is 24.8 Å². The molecule has 0 bridgehead atoms. The molecule has 0 aromatic carbocycles. The highest BCUT2D eigenvalue weighted by Gasteiger charge is 2.26. The second-order valence-corrected chi connectivity index (χ2v) is 6.26. The zero-order valence-electron chi connectivity index (χ0n) is 14.1. The Balaban J connectivity index is 1.55. The third kappa shape index (κ3) is 3.32. The molecule has 25 heavy (non-hydrogen) atoms. The van der Waals surface area contributed by atoms with Crippen LogP contribution in [-0.2, 0) is 17.6 Å². The molecule has 2 aliphatic heterocycles. The summed E-state index contributed by atoms with van der Waals surface area (Å²) in [6.07, 6.45) is 6.70. The van der Waals surface area contributed by atoms with E-state index in [2.05, 4.69) is 15.0 Å². The maximum absolute atomic E-state index is 12.8. The van der Waals surface area contributed by atoms with Crippen molar-refractivity contribution in [3.05, 3.63) is 42.1 Å². The number of ether oxygens (including phenoxy) is 1. The normalized spacial score (nSPS) is 17.8. The molecule has 2 amide bonds. The first kappa shape index (κ1) is 16.0. The van der Waals surface area contributed by atoms with Crippen LogP contribution in [0.5, 0.6) is 0 Å². The monoisotopic (exact) mass is 339 g/mol. The second kappa shape index (κ2) is 7.14. The Kier molecular flexibility index (Phi) is 4.56. The molecule has 7 heteroatoms. The molecule has 0 aliphatic carbocycles. The summed E-state index contributed by atoms with van der Waals surface area (Å²) in [6.45, 7) is 3.95. The SMILES string of the molecule is O=C(N1CCOCC1)N1CCc2ncnc(-c3cccnc3)c2CC1. The van der Waals surface area contributed by atoms with Gasteiger partial charge in [0.05, 0.1) is 18.9 Å². The number of rotatable bonds is 1. The van der Waals surface area contributed by atoms with Crippen molar-refractivity contribution < 1.29 is 9.53 Å². The summed E-state index contributed by atoms with van der Waals surface area (Å²) in [6, 6.07) is 4.03. The molecule has 7 nitrogen and oxygen atoms in total. The average molecular weight is 339 g/mol. The van der Waals surface area contributed by atoms with Crippen LogP contribution >= 0.6 is 0 Å². The average Bonchev–Trinajstić information content (AvgIpc) is 2.91. The molecule has 4 rings (SSSR count). The van der Waals surface area contributed by atoms with E-state index >= 15 is 0 Å². The number of carbonyl (C=O) groups is 1. The molecule has 4 heterocycles. The largest absolute Gasteiger partial charge is 0.378 e. The van der Waals surface area contributed by atoms with Gasteiger partial charge in [-0.1, -0.05) is 0 Å². The van der Waals surface area contributed by atoms with E-state index < -0.39 is 0 Å². The Morgan fingerprint density at radius 2 is 1.84 bits per heavy atom. The number of fused-ring (bicyclic) bond motifs is 1. The molecular formula is C18H21N5O2. The van der Waals surface area contributed by atoms with Crippen LogP contribution in [0.25, 0.3) is 11.3 Å². The van der Waals surface area contributed by atoms with Gasteiger partial charge in [-0.05, 0) is 18.6 Å². The first-order chi connectivity index (χ1) is 12.3. The minimum Gasteiger partial charge on any atom is -0.378 e. The highest BCUT2D eigenvalue weighted by molar-refractivity contribution is 5.75. The van der Waals surface area contributed by atoms with Gasteiger partial charge in [-0.3, -0.25) is 4.98 Å². The van der Waals surface area contributed by atoms with E-state index in [0.717, 1.165) is 35.4 Å². The van der Waals surface area contributed by atoms with Gasteiger partial charge in [0.1, 0.15) is 6.33 Å². The number of morpholine rings is 1. The molecule has 0 unspecified atom stereocenters. The maximum atomic E-state index is 12.8. The summed E-state index contributed by atoms with van der Waals surface area (Å²) in [5.41, 5.74) is 4.09. The fraction of sp³-hybridized carbons (Fsp3) is 0.444. The summed E-state index contributed by atoms with van der Waals surface area (Å²) < 4.78 is 5.34. The zero-order valence-corrected chi connectivity index (χ0v) is 14.1. The van der Waals surface area contributed by atoms with E-state index in [1.54, 1.807) is 12.5 Å². The zero-order chi connectivity index (χ0) is 17.1. The lowest BCUT2D eigenvalue weighted by atomic mass is 10.0. The van der Waals surface area contributed by atoms with Gasteiger partial charge < -0.3 is 14.5 Å². The van der Waals surface area contributed by atoms with Crippen molar-refractivity contribution in [3.63, 3.8) is 0 Å². The molecule has 0 spiro atoms. The van der Waals surface area contributed by atoms with Gasteiger partial charge in [0, 0.05) is 61.8 Å². The molecule has 0 N–H and O–H groups in total. The van der Waals surface area contributed by atoms with E-state index in [9.17, 15) is 4.79 Å². The smallest absolute Gasteiger partial charge is 0.320 e. The topological polar surface area (TPSA) is 71.5 Å². The van der Waals surface area contributed by atoms with E-state index in [1.165, 1.54) is 0 Å². The van der Waals surface area contributed by atoms with Crippen LogP contribution in [0.2, 0.25) is 0 Å². The third-order valence-corrected chi connectivity index (χ3v) is 4.77. The summed E-state index contributed by atoms with van der Waals surface area (Å²) >= 11 is 0. The van der Waals surface area contributed by atoms with E-state index in [-0.39, 0.29) is 6.03 Å². The lowest BCUT2D eigenvalue weighted by Crippen LogP contribution is -2.48. The van der Waals surface area contributed by atoms with Gasteiger partial charge in [-0.2, -0.15) is 0 Å². The summed E-state index contributed by atoms with van der Waals surface area (Å²) in [7, 11) is 0. The fourth-order valence-corrected chi connectivity index (χ4v) is 3.42. The van der Waals surface area contributed by atoms with Crippen molar-refractivity contribution in [1.29, 1.82) is 0 Å². The number of amides is 2. The van der Waals surface area contributed by atoms with Crippen LogP contribution < -0.4 is 0 Å². The first-order valence-electron chi connectivity index (χ1n) is 8.67. The van der Waals surface area contributed by atoms with Gasteiger partial charge >= 0.3 is 6.03 Å². The summed E-state index contributed by atoms with van der Waals surface area (Å²) in [5.74, 6) is 0. The number of hydrogen-bond donors (Lipinski definition) is 0. The van der Waals surface area contributed by atoms with Crippen LogP contribution in [-0.4, -0.2) is 70.2 Å². The van der Waals surface area contributed by atoms with Crippen molar-refractivity contribution >= 4 is 6.03 Å². The van der Waals surface area contributed by atoms with E-state index in [4.69, 9.17) is 4.74 Å². The molecule has 0 atom stereocenters. The third-order valence-electron chi connectivity index (χ3n) is 4.77. The minimum atomic E-state index is 0.104. The predicted molar refractivity (Wildman–Crippen MR) is 92.0 cm³/mol. The molecule has 1 saturated heterocycles. The molecule has 0 saturated carbocycles. The molecular weight excluding hydrogens is 318 g/mol. The standard InChI is InChI=1S/C18H21N5O2/c24-18(23-8-10-25-11-9-23)22-6-3-15-16(4-7-22)20-13-21-17(15)14-2-1-5-19-12-14/h1-2,5,12-13H,3-4,6-11H2. The minimum absolute atomic E-state index is 0.104. The molecule has 130 valence electrons. The van der Waals surface area contributed by atoms with Gasteiger partial charge in [0.25, 0.3) is 0 Å². The number of nitrogens with zero attached hydrogens (tertiary/aromatic N) is 5. The van der Waals surface area contributed by atoms with Crippen molar-refractivity contribution in [2.45, 2.75) is 12.8 Å². The number of pyridine rings is 1. The number of carbonyl (C=O) groups excluding carboxylic acids is 1. The van der Waals surface area contributed by atoms with Crippen molar-refractivity contribution in [2.75, 3.05) is 39.4 Å². The van der Waals surface area contributed by atoms with Crippen LogP contribution in [0.4, 0.5) is 4.79 Å². The molecule has 2 aliphatic rings. The Morgan fingerprint density at radius 1 is 1.04 bits per heavy atom. The van der Waals surface area contributed by atoms with Crippen LogP contribution in [0.1, 0.15) is 11.3 Å². The van der Waals surface area contributed by atoms with Crippen molar-refractivity contribution in [3.8, 4) is 11.3 Å². The lowest BCUT2D eigenvalue weighted by molar-refractivity contribution is 0.0436. The van der Waals surface area contributed by atoms with Gasteiger partial charge in [-0.15, -0.1) is 0 Å². The molecule has 1 fully saturated rings. The number of urea groups is 1. The first-order valence-corrected chi connectivity index (χ1v) is 8.67. The Bertz CT molecular complexity index is 746. The van der Waals surface area contributed by atoms with Crippen LogP contribution in [0, 0.1) is 0 Å². The highest BCUT2D eigenvalue weighted by atomic mass is 16.5. The second-order valence-electron chi connectivity index (χ2n) is 6.26. The Hall–Kier alpha value is -2.54. The number of aromatic nitrogens is 3. The number of hydrogen-bond acceptors (Lipinski definition) is 5. The van der Waals surface area contributed by atoms with E-state index in [0.29, 0.717) is 39.4 Å². The summed E-state index contributed by atoms with van der Waals surface area (Å²) in [4.78, 5) is 29.7. The Morgan fingerprint density at radius 3 is 2.64 bits per heavy atom.